The van der Waals surface area contributed by atoms with Crippen molar-refractivity contribution in [3.8, 4) is 11.3 Å². The Hall–Kier alpha value is -2.78. The second-order valence-electron chi connectivity index (χ2n) is 6.52. The molecule has 2 aromatic heterocycles. The van der Waals surface area contributed by atoms with E-state index in [9.17, 15) is 26.7 Å². The summed E-state index contributed by atoms with van der Waals surface area (Å²) in [5.74, 6) is 0. The maximum atomic E-state index is 13.3. The second kappa shape index (κ2) is 7.45. The van der Waals surface area contributed by atoms with E-state index in [-0.39, 0.29) is 11.3 Å². The first-order valence-electron chi connectivity index (χ1n) is 7.68. The summed E-state index contributed by atoms with van der Waals surface area (Å²) >= 11 is 0. The first-order chi connectivity index (χ1) is 12.4. The number of rotatable bonds is 3. The van der Waals surface area contributed by atoms with Gasteiger partial charge in [-0.05, 0) is 39.0 Å². The molecule has 0 unspecified atom stereocenters. The molecule has 1 amide bonds. The lowest BCUT2D eigenvalue weighted by Gasteiger charge is -2.21. The Morgan fingerprint density at radius 3 is 2.37 bits per heavy atom. The number of anilines is 1. The third kappa shape index (κ3) is 5.60. The van der Waals surface area contributed by atoms with Gasteiger partial charge in [0.25, 0.3) is 6.43 Å². The van der Waals surface area contributed by atoms with Gasteiger partial charge < -0.3 is 4.74 Å². The molecule has 2 heterocycles. The number of carbonyl (C=O) groups is 1. The molecule has 1 N–H and O–H groups in total. The summed E-state index contributed by atoms with van der Waals surface area (Å²) in [4.78, 5) is 18.8. The van der Waals surface area contributed by atoms with Crippen molar-refractivity contribution in [3.63, 3.8) is 0 Å². The maximum absolute atomic E-state index is 13.3. The zero-order valence-electron chi connectivity index (χ0n) is 14.6. The molecule has 0 bridgehead atoms. The topological polar surface area (TPSA) is 64.1 Å². The van der Waals surface area contributed by atoms with Crippen LogP contribution in [0.15, 0.2) is 30.6 Å². The van der Waals surface area contributed by atoms with Crippen LogP contribution in [-0.2, 0) is 10.9 Å². The van der Waals surface area contributed by atoms with Crippen LogP contribution in [0.1, 0.15) is 38.5 Å². The molecular formula is C17H16F5N3O2. The van der Waals surface area contributed by atoms with E-state index < -0.39 is 41.2 Å². The average molecular weight is 389 g/mol. The van der Waals surface area contributed by atoms with Crippen molar-refractivity contribution in [1.29, 1.82) is 0 Å². The highest BCUT2D eigenvalue weighted by atomic mass is 19.4. The van der Waals surface area contributed by atoms with Crippen molar-refractivity contribution in [2.24, 2.45) is 0 Å². The molecule has 5 nitrogen and oxygen atoms in total. The molecular weight excluding hydrogens is 373 g/mol. The Morgan fingerprint density at radius 2 is 1.81 bits per heavy atom. The summed E-state index contributed by atoms with van der Waals surface area (Å²) in [7, 11) is 0. The van der Waals surface area contributed by atoms with Gasteiger partial charge in [-0.3, -0.25) is 10.3 Å². The normalized spacial score (nSPS) is 12.2. The highest BCUT2D eigenvalue weighted by molar-refractivity contribution is 5.86. The number of nitrogens with one attached hydrogen (secondary N) is 1. The number of ether oxygens (including phenoxy) is 1. The van der Waals surface area contributed by atoms with E-state index in [4.69, 9.17) is 4.74 Å². The molecule has 0 aromatic carbocycles. The molecule has 0 saturated heterocycles. The molecule has 0 saturated carbocycles. The van der Waals surface area contributed by atoms with Gasteiger partial charge in [0, 0.05) is 23.5 Å². The fraction of sp³-hybridized carbons (Fsp3) is 0.353. The molecule has 0 spiro atoms. The molecule has 2 aromatic rings. The third-order valence-electron chi connectivity index (χ3n) is 3.11. The van der Waals surface area contributed by atoms with E-state index in [1.165, 1.54) is 0 Å². The van der Waals surface area contributed by atoms with E-state index in [1.54, 1.807) is 20.8 Å². The molecule has 146 valence electrons. The average Bonchev–Trinajstić information content (AvgIpc) is 2.52. The lowest BCUT2D eigenvalue weighted by Crippen LogP contribution is -2.28. The summed E-state index contributed by atoms with van der Waals surface area (Å²) in [6.07, 6.45) is -6.77. The van der Waals surface area contributed by atoms with Crippen LogP contribution < -0.4 is 5.32 Å². The monoisotopic (exact) mass is 389 g/mol. The van der Waals surface area contributed by atoms with Crippen LogP contribution in [0, 0.1) is 0 Å². The highest BCUT2D eigenvalue weighted by Gasteiger charge is 2.37. The van der Waals surface area contributed by atoms with Crippen molar-refractivity contribution in [2.75, 3.05) is 5.32 Å². The van der Waals surface area contributed by atoms with Crippen molar-refractivity contribution in [1.82, 2.24) is 9.97 Å². The maximum Gasteiger partial charge on any atom is 0.435 e. The minimum atomic E-state index is -4.89. The minimum Gasteiger partial charge on any atom is -0.444 e. The van der Waals surface area contributed by atoms with E-state index in [0.717, 1.165) is 30.6 Å². The zero-order valence-corrected chi connectivity index (χ0v) is 14.6. The highest BCUT2D eigenvalue weighted by Crippen LogP contribution is 2.35. The van der Waals surface area contributed by atoms with Gasteiger partial charge in [-0.15, -0.1) is 0 Å². The van der Waals surface area contributed by atoms with Gasteiger partial charge in [-0.25, -0.2) is 18.6 Å². The van der Waals surface area contributed by atoms with Gasteiger partial charge in [0.1, 0.15) is 5.60 Å². The van der Waals surface area contributed by atoms with Crippen LogP contribution in [0.4, 0.5) is 32.4 Å². The second-order valence-corrected chi connectivity index (χ2v) is 6.52. The van der Waals surface area contributed by atoms with E-state index in [2.05, 4.69) is 9.97 Å². The van der Waals surface area contributed by atoms with Crippen molar-refractivity contribution in [3.05, 3.63) is 41.9 Å². The summed E-state index contributed by atoms with van der Waals surface area (Å²) in [6.45, 7) is 4.67. The van der Waals surface area contributed by atoms with Gasteiger partial charge in [0.05, 0.1) is 11.4 Å². The van der Waals surface area contributed by atoms with E-state index in [0.29, 0.717) is 0 Å². The van der Waals surface area contributed by atoms with Crippen LogP contribution in [0.25, 0.3) is 11.3 Å². The summed E-state index contributed by atoms with van der Waals surface area (Å²) < 4.78 is 70.5. The van der Waals surface area contributed by atoms with Crippen LogP contribution in [0.2, 0.25) is 0 Å². The Bertz CT molecular complexity index is 832. The Labute approximate surface area is 151 Å². The molecule has 0 aliphatic rings. The predicted octanol–water partition coefficient (Wildman–Crippen LogP) is 5.45. The number of aromatic nitrogens is 2. The first-order valence-corrected chi connectivity index (χ1v) is 7.68. The molecule has 0 fully saturated rings. The minimum absolute atomic E-state index is 0.0119. The molecule has 0 aliphatic carbocycles. The summed E-state index contributed by atoms with van der Waals surface area (Å²) in [5, 5.41) is 2.00. The fourth-order valence-corrected chi connectivity index (χ4v) is 2.07. The number of nitrogens with zero attached hydrogens (tertiary/aromatic N) is 2. The van der Waals surface area contributed by atoms with Crippen LogP contribution in [0.3, 0.4) is 0 Å². The fourth-order valence-electron chi connectivity index (χ4n) is 2.07. The third-order valence-corrected chi connectivity index (χ3v) is 3.11. The van der Waals surface area contributed by atoms with Gasteiger partial charge >= 0.3 is 12.3 Å². The van der Waals surface area contributed by atoms with Gasteiger partial charge in [0.2, 0.25) is 0 Å². The van der Waals surface area contributed by atoms with E-state index >= 15 is 0 Å². The summed E-state index contributed by atoms with van der Waals surface area (Å²) in [5.41, 5.74) is -3.57. The number of hydrogen-bond acceptors (Lipinski definition) is 4. The summed E-state index contributed by atoms with van der Waals surface area (Å²) in [6, 6.07) is 3.14. The first kappa shape index (κ1) is 20.5. The van der Waals surface area contributed by atoms with Crippen molar-refractivity contribution < 1.29 is 31.5 Å². The predicted molar refractivity (Wildman–Crippen MR) is 87.3 cm³/mol. The van der Waals surface area contributed by atoms with Crippen LogP contribution in [-0.4, -0.2) is 21.7 Å². The van der Waals surface area contributed by atoms with Crippen molar-refractivity contribution >= 4 is 11.8 Å². The van der Waals surface area contributed by atoms with Crippen LogP contribution in [0.5, 0.6) is 0 Å². The van der Waals surface area contributed by atoms with Gasteiger partial charge in [-0.2, -0.15) is 13.2 Å². The lowest BCUT2D eigenvalue weighted by atomic mass is 10.1. The zero-order chi connectivity index (χ0) is 20.4. The Kier molecular flexibility index (Phi) is 5.67. The number of alkyl halides is 5. The number of pyridine rings is 2. The van der Waals surface area contributed by atoms with Crippen LogP contribution >= 0.6 is 0 Å². The number of halogens is 5. The van der Waals surface area contributed by atoms with Gasteiger partial charge in [-0.1, -0.05) is 0 Å². The number of hydrogen-bond donors (Lipinski definition) is 1. The molecule has 0 aliphatic heterocycles. The number of amides is 1. The quantitative estimate of drug-likeness (QED) is 0.710. The van der Waals surface area contributed by atoms with E-state index in [1.807, 2.05) is 5.32 Å². The molecule has 2 rings (SSSR count). The molecule has 0 radical (unpaired) electrons. The van der Waals surface area contributed by atoms with Gasteiger partial charge in [0.15, 0.2) is 5.69 Å². The Balaban J connectivity index is 2.42. The standard InChI is InChI=1S/C17H16F5N3O2/c1-16(2,3)27-15(26)25-12-5-4-11(24-13(12)17(20,21)22)9-6-10(14(18)19)8-23-7-9/h4-8,14H,1-3H3,(H,25,26). The SMILES string of the molecule is CC(C)(C)OC(=O)Nc1ccc(-c2cncc(C(F)F)c2)nc1C(F)(F)F. The Morgan fingerprint density at radius 1 is 1.15 bits per heavy atom. The molecule has 0 atom stereocenters. The van der Waals surface area contributed by atoms with Crippen molar-refractivity contribution in [2.45, 2.75) is 39.0 Å². The molecule has 10 heteroatoms. The number of carbonyl (C=O) groups excluding carboxylic acids is 1. The smallest absolute Gasteiger partial charge is 0.435 e. The lowest BCUT2D eigenvalue weighted by molar-refractivity contribution is -0.140. The largest absolute Gasteiger partial charge is 0.444 e. The molecule has 27 heavy (non-hydrogen) atoms.